The second-order valence-corrected chi connectivity index (χ2v) is 7.92. The van der Waals surface area contributed by atoms with Crippen LogP contribution in [0.1, 0.15) is 33.4 Å². The summed E-state index contributed by atoms with van der Waals surface area (Å²) in [7, 11) is 1.58. The van der Waals surface area contributed by atoms with Crippen LogP contribution >= 0.6 is 23.7 Å². The van der Waals surface area contributed by atoms with Crippen LogP contribution in [0.4, 0.5) is 5.00 Å². The predicted octanol–water partition coefficient (Wildman–Crippen LogP) is 3.24. The Bertz CT molecular complexity index is 809. The molecule has 6 nitrogen and oxygen atoms in total. The van der Waals surface area contributed by atoms with Gasteiger partial charge in [-0.3, -0.25) is 9.59 Å². The van der Waals surface area contributed by atoms with Gasteiger partial charge in [0.1, 0.15) is 5.75 Å². The summed E-state index contributed by atoms with van der Waals surface area (Å²) in [4.78, 5) is 27.4. The fraction of sp³-hybridized carbons (Fsp3) is 0.368. The number of halogens is 1. The molecule has 3 N–H and O–H groups in total. The lowest BCUT2D eigenvalue weighted by Gasteiger charge is -2.22. The Morgan fingerprint density at radius 3 is 2.56 bits per heavy atom. The standard InChI is InChI=1S/C19H23N3O3S.ClH/c1-19(11-20)9-10-22(12-19)18(24)15-7-8-16(26-15)21-17(23)13-3-5-14(25-2)6-4-13;/h3-8H,9-12,20H2,1-2H3,(H,21,23);1H. The summed E-state index contributed by atoms with van der Waals surface area (Å²) < 4.78 is 5.09. The molecule has 8 heteroatoms. The fourth-order valence-corrected chi connectivity index (χ4v) is 3.84. The Hall–Kier alpha value is -2.09. The summed E-state index contributed by atoms with van der Waals surface area (Å²) in [5.74, 6) is 0.475. The summed E-state index contributed by atoms with van der Waals surface area (Å²) >= 11 is 1.29. The van der Waals surface area contributed by atoms with Gasteiger partial charge in [-0.15, -0.1) is 23.7 Å². The average molecular weight is 410 g/mol. The zero-order chi connectivity index (χ0) is 18.7. The monoisotopic (exact) mass is 409 g/mol. The van der Waals surface area contributed by atoms with E-state index >= 15 is 0 Å². The number of benzene rings is 1. The number of nitrogens with one attached hydrogen (secondary N) is 1. The highest BCUT2D eigenvalue weighted by Gasteiger charge is 2.35. The Balaban J connectivity index is 0.00000261. The number of anilines is 1. The van der Waals surface area contributed by atoms with Gasteiger partial charge in [0.2, 0.25) is 0 Å². The molecular weight excluding hydrogens is 386 g/mol. The molecule has 0 spiro atoms. The van der Waals surface area contributed by atoms with Crippen molar-refractivity contribution in [2.75, 3.05) is 32.1 Å². The van der Waals surface area contributed by atoms with Gasteiger partial charge < -0.3 is 20.7 Å². The molecule has 0 bridgehead atoms. The maximum atomic E-state index is 12.7. The molecule has 1 unspecified atom stereocenters. The molecule has 3 rings (SSSR count). The van der Waals surface area contributed by atoms with Crippen molar-refractivity contribution in [2.24, 2.45) is 11.1 Å². The molecule has 1 aromatic heterocycles. The number of methoxy groups -OCH3 is 1. The van der Waals surface area contributed by atoms with Crippen LogP contribution in [0.2, 0.25) is 0 Å². The highest BCUT2D eigenvalue weighted by Crippen LogP contribution is 2.31. The van der Waals surface area contributed by atoms with Gasteiger partial charge in [-0.05, 0) is 54.8 Å². The van der Waals surface area contributed by atoms with Gasteiger partial charge in [-0.25, -0.2) is 0 Å². The van der Waals surface area contributed by atoms with Gasteiger partial charge in [0.05, 0.1) is 17.0 Å². The lowest BCUT2D eigenvalue weighted by Crippen LogP contribution is -2.34. The zero-order valence-electron chi connectivity index (χ0n) is 15.4. The highest BCUT2D eigenvalue weighted by molar-refractivity contribution is 7.18. The van der Waals surface area contributed by atoms with Gasteiger partial charge in [0.25, 0.3) is 11.8 Å². The van der Waals surface area contributed by atoms with Crippen LogP contribution in [0.15, 0.2) is 36.4 Å². The molecule has 0 radical (unpaired) electrons. The molecule has 1 atom stereocenters. The van der Waals surface area contributed by atoms with E-state index < -0.39 is 0 Å². The predicted molar refractivity (Wildman–Crippen MR) is 110 cm³/mol. The van der Waals surface area contributed by atoms with Crippen molar-refractivity contribution in [3.63, 3.8) is 0 Å². The van der Waals surface area contributed by atoms with Crippen molar-refractivity contribution in [3.8, 4) is 5.75 Å². The van der Waals surface area contributed by atoms with E-state index in [-0.39, 0.29) is 29.6 Å². The van der Waals surface area contributed by atoms with Gasteiger partial charge >= 0.3 is 0 Å². The second-order valence-electron chi connectivity index (χ2n) is 6.84. The molecule has 0 aliphatic carbocycles. The van der Waals surface area contributed by atoms with Crippen molar-refractivity contribution in [2.45, 2.75) is 13.3 Å². The minimum atomic E-state index is -0.217. The number of thiophene rings is 1. The number of rotatable bonds is 5. The molecule has 27 heavy (non-hydrogen) atoms. The zero-order valence-corrected chi connectivity index (χ0v) is 17.0. The Morgan fingerprint density at radius 1 is 1.26 bits per heavy atom. The molecule has 1 aliphatic heterocycles. The van der Waals surface area contributed by atoms with Crippen molar-refractivity contribution in [3.05, 3.63) is 46.8 Å². The number of likely N-dealkylation sites (tertiary alicyclic amines) is 1. The maximum absolute atomic E-state index is 12.7. The van der Waals surface area contributed by atoms with Crippen LogP contribution in [0, 0.1) is 5.41 Å². The summed E-state index contributed by atoms with van der Waals surface area (Å²) in [5, 5.41) is 3.49. The van der Waals surface area contributed by atoms with Gasteiger partial charge in [0, 0.05) is 18.7 Å². The van der Waals surface area contributed by atoms with E-state index in [1.807, 2.05) is 4.90 Å². The normalized spacial score (nSPS) is 18.7. The molecule has 2 aromatic rings. The molecule has 0 saturated carbocycles. The third-order valence-corrected chi connectivity index (χ3v) is 5.73. The van der Waals surface area contributed by atoms with Crippen LogP contribution in [0.5, 0.6) is 5.75 Å². The summed E-state index contributed by atoms with van der Waals surface area (Å²) in [6.45, 7) is 4.07. The van der Waals surface area contributed by atoms with Crippen LogP contribution in [0.25, 0.3) is 0 Å². The number of hydrogen-bond donors (Lipinski definition) is 2. The smallest absolute Gasteiger partial charge is 0.264 e. The Morgan fingerprint density at radius 2 is 1.96 bits per heavy atom. The quantitative estimate of drug-likeness (QED) is 0.793. The minimum absolute atomic E-state index is 0. The van der Waals surface area contributed by atoms with E-state index in [2.05, 4.69) is 12.2 Å². The minimum Gasteiger partial charge on any atom is -0.497 e. The lowest BCUT2D eigenvalue weighted by atomic mass is 9.90. The van der Waals surface area contributed by atoms with Crippen LogP contribution in [-0.2, 0) is 0 Å². The van der Waals surface area contributed by atoms with Crippen LogP contribution in [0.3, 0.4) is 0 Å². The Kier molecular flexibility index (Phi) is 6.86. The summed E-state index contributed by atoms with van der Waals surface area (Å²) in [6, 6.07) is 10.4. The number of carbonyl (C=O) groups excluding carboxylic acids is 2. The number of hydrogen-bond acceptors (Lipinski definition) is 5. The third kappa shape index (κ3) is 4.80. The van der Waals surface area contributed by atoms with E-state index in [1.54, 1.807) is 43.5 Å². The van der Waals surface area contributed by atoms with Crippen molar-refractivity contribution < 1.29 is 14.3 Å². The molecule has 1 saturated heterocycles. The molecular formula is C19H24ClN3O3S. The van der Waals surface area contributed by atoms with Crippen LogP contribution < -0.4 is 15.8 Å². The molecule has 1 fully saturated rings. The SMILES string of the molecule is COc1ccc(C(=O)Nc2ccc(C(=O)N3CCC(C)(CN)C3)s2)cc1.Cl. The topological polar surface area (TPSA) is 84.7 Å². The first-order valence-electron chi connectivity index (χ1n) is 8.49. The van der Waals surface area contributed by atoms with E-state index in [0.717, 1.165) is 13.0 Å². The average Bonchev–Trinajstić information content (AvgIpc) is 3.28. The van der Waals surface area contributed by atoms with E-state index in [4.69, 9.17) is 10.5 Å². The summed E-state index contributed by atoms with van der Waals surface area (Å²) in [6.07, 6.45) is 0.918. The number of ether oxygens (including phenoxy) is 1. The number of amides is 2. The molecule has 146 valence electrons. The largest absolute Gasteiger partial charge is 0.497 e. The lowest BCUT2D eigenvalue weighted by molar-refractivity contribution is 0.0781. The van der Waals surface area contributed by atoms with E-state index in [0.29, 0.717) is 34.3 Å². The van der Waals surface area contributed by atoms with Gasteiger partial charge in [-0.2, -0.15) is 0 Å². The number of carbonyl (C=O) groups is 2. The van der Waals surface area contributed by atoms with Gasteiger partial charge in [-0.1, -0.05) is 6.92 Å². The molecule has 2 amide bonds. The first kappa shape index (κ1) is 21.2. The maximum Gasteiger partial charge on any atom is 0.264 e. The molecule has 1 aliphatic rings. The third-order valence-electron chi connectivity index (χ3n) is 4.74. The van der Waals surface area contributed by atoms with Crippen molar-refractivity contribution in [1.29, 1.82) is 0 Å². The van der Waals surface area contributed by atoms with E-state index in [1.165, 1.54) is 11.3 Å². The number of nitrogens with zero attached hydrogens (tertiary/aromatic N) is 1. The number of nitrogens with two attached hydrogens (primary N) is 1. The fourth-order valence-electron chi connectivity index (χ4n) is 2.97. The molecule has 2 heterocycles. The first-order chi connectivity index (χ1) is 12.4. The van der Waals surface area contributed by atoms with Crippen molar-refractivity contribution in [1.82, 2.24) is 4.90 Å². The Labute approximate surface area is 169 Å². The van der Waals surface area contributed by atoms with Gasteiger partial charge in [0.15, 0.2) is 0 Å². The second kappa shape index (κ2) is 8.73. The van der Waals surface area contributed by atoms with Crippen LogP contribution in [-0.4, -0.2) is 43.5 Å². The summed E-state index contributed by atoms with van der Waals surface area (Å²) in [5.41, 5.74) is 6.34. The van der Waals surface area contributed by atoms with Crippen molar-refractivity contribution >= 4 is 40.6 Å². The molecule has 1 aromatic carbocycles. The van der Waals surface area contributed by atoms with E-state index in [9.17, 15) is 9.59 Å². The highest BCUT2D eigenvalue weighted by atomic mass is 35.5. The first-order valence-corrected chi connectivity index (χ1v) is 9.30.